The Morgan fingerprint density at radius 2 is 1.27 bits per heavy atom. The van der Waals surface area contributed by atoms with E-state index in [-0.39, 0.29) is 114 Å². The van der Waals surface area contributed by atoms with Crippen LogP contribution < -0.4 is 113 Å². The third-order valence-corrected chi connectivity index (χ3v) is 1.92. The fourth-order valence-electron chi connectivity index (χ4n) is 0.912. The van der Waals surface area contributed by atoms with Gasteiger partial charge in [-0.3, -0.25) is 0 Å². The predicted molar refractivity (Wildman–Crippen MR) is 57.1 cm³/mol. The Balaban J connectivity index is -0.000000301. The van der Waals surface area contributed by atoms with Gasteiger partial charge in [0, 0.05) is 0 Å². The first-order chi connectivity index (χ1) is 9.18. The maximum atomic E-state index is 10.3. The van der Waals surface area contributed by atoms with Crippen LogP contribution in [0.1, 0.15) is 10.4 Å². The van der Waals surface area contributed by atoms with Gasteiger partial charge in [0.25, 0.3) is 0 Å². The molecule has 1 rings (SSSR count). The molecule has 0 bridgehead atoms. The summed E-state index contributed by atoms with van der Waals surface area (Å²) in [5.41, 5.74) is -0.0671. The molecule has 9 nitrogen and oxygen atoms in total. The van der Waals surface area contributed by atoms with Gasteiger partial charge in [0.05, 0.1) is 11.9 Å². The number of aliphatic carboxylic acids is 2. The number of phenols is 1. The third kappa shape index (κ3) is 10.4. The van der Waals surface area contributed by atoms with E-state index in [2.05, 4.69) is 0 Å². The Kier molecular flexibility index (Phi) is 17.5. The second-order valence-corrected chi connectivity index (χ2v) is 3.35. The summed E-state index contributed by atoms with van der Waals surface area (Å²) in [5.74, 6) is -5.43. The van der Waals surface area contributed by atoms with Crippen LogP contribution in [0.4, 0.5) is 0 Å². The van der Waals surface area contributed by atoms with Gasteiger partial charge in [-0.2, -0.15) is 0 Å². The van der Waals surface area contributed by atoms with E-state index in [0.29, 0.717) is 0 Å². The number of carboxylic acids is 3. The summed E-state index contributed by atoms with van der Waals surface area (Å²) in [6.45, 7) is 0. The summed E-state index contributed by atoms with van der Waals surface area (Å²) in [5, 5.41) is 53.0. The Labute approximate surface area is 209 Å². The van der Waals surface area contributed by atoms with Gasteiger partial charge in [-0.15, -0.1) is 0 Å². The molecule has 0 amide bonds. The molecule has 110 valence electrons. The van der Waals surface area contributed by atoms with Crippen molar-refractivity contribution < 1.29 is 148 Å². The van der Waals surface area contributed by atoms with Crippen molar-refractivity contribution in [3.63, 3.8) is 0 Å². The second kappa shape index (κ2) is 14.0. The van der Waals surface area contributed by atoms with Gasteiger partial charge in [0.1, 0.15) is 23.5 Å². The van der Waals surface area contributed by atoms with E-state index in [1.807, 2.05) is 0 Å². The molecule has 1 aromatic rings. The zero-order chi connectivity index (χ0) is 15.9. The summed E-state index contributed by atoms with van der Waals surface area (Å²) in [4.78, 5) is 29.5. The van der Waals surface area contributed by atoms with Crippen LogP contribution in [-0.4, -0.2) is 50.5 Å². The average molecular weight is 364 g/mol. The van der Waals surface area contributed by atoms with Crippen LogP contribution >= 0.6 is 0 Å². The molecule has 4 N–H and O–H groups in total. The van der Waals surface area contributed by atoms with Gasteiger partial charge in [-0.25, -0.2) is 4.79 Å². The molecule has 0 aliphatic carbocycles. The zero-order valence-electron chi connectivity index (χ0n) is 11.8. The SMILES string of the molecule is O=C(O)c1ccccc1O.O=C([O-])C(O)C(O)C(=O)[O-].[K+].[K+]. The van der Waals surface area contributed by atoms with E-state index in [1.165, 1.54) is 12.1 Å². The maximum Gasteiger partial charge on any atom is 1.00 e. The smallest absolute Gasteiger partial charge is 0.547 e. The fourth-order valence-corrected chi connectivity index (χ4v) is 0.912. The summed E-state index contributed by atoms with van der Waals surface area (Å²) >= 11 is 0. The first-order valence-electron chi connectivity index (χ1n) is 4.97. The van der Waals surface area contributed by atoms with E-state index in [0.717, 1.165) is 0 Å². The minimum atomic E-state index is -2.44. The molecule has 0 spiro atoms. The van der Waals surface area contributed by atoms with Crippen LogP contribution in [0.2, 0.25) is 0 Å². The van der Waals surface area contributed by atoms with Crippen molar-refractivity contribution in [1.29, 1.82) is 0 Å². The molecule has 0 saturated heterocycles. The van der Waals surface area contributed by atoms with Gasteiger partial charge < -0.3 is 40.2 Å². The molecule has 0 fully saturated rings. The van der Waals surface area contributed by atoms with Crippen LogP contribution in [0.15, 0.2) is 24.3 Å². The van der Waals surface area contributed by atoms with Crippen molar-refractivity contribution in [3.8, 4) is 5.75 Å². The van der Waals surface area contributed by atoms with Gasteiger partial charge in [-0.1, -0.05) is 12.1 Å². The van der Waals surface area contributed by atoms with E-state index in [4.69, 9.17) is 20.4 Å². The largest absolute Gasteiger partial charge is 1.00 e. The minimum absolute atomic E-state index is 0. The molecule has 11 heteroatoms. The zero-order valence-corrected chi connectivity index (χ0v) is 18.0. The molecule has 0 heterocycles. The molecular formula is C11H10K2O9. The van der Waals surface area contributed by atoms with Crippen LogP contribution in [0, 0.1) is 0 Å². The van der Waals surface area contributed by atoms with Crippen molar-refractivity contribution in [1.82, 2.24) is 0 Å². The number of hydrogen-bond donors (Lipinski definition) is 4. The Morgan fingerprint density at radius 3 is 1.50 bits per heavy atom. The number of carbonyl (C=O) groups excluding carboxylic acids is 2. The Bertz CT molecular complexity index is 488. The maximum absolute atomic E-state index is 10.3. The summed E-state index contributed by atoms with van der Waals surface area (Å²) in [7, 11) is 0. The number of aliphatic hydroxyl groups excluding tert-OH is 2. The quantitative estimate of drug-likeness (QED) is 0.377. The fraction of sp³-hybridized carbons (Fsp3) is 0.182. The monoisotopic (exact) mass is 364 g/mol. The normalized spacial score (nSPS) is 11.4. The van der Waals surface area contributed by atoms with Gasteiger partial charge in [0.15, 0.2) is 0 Å². The number of aliphatic hydroxyl groups is 2. The summed E-state index contributed by atoms with van der Waals surface area (Å²) in [6, 6.07) is 5.81. The van der Waals surface area contributed by atoms with E-state index < -0.39 is 30.1 Å². The number of benzene rings is 1. The Morgan fingerprint density at radius 1 is 0.909 bits per heavy atom. The number of carbonyl (C=O) groups is 3. The van der Waals surface area contributed by atoms with E-state index >= 15 is 0 Å². The molecule has 0 aliphatic heterocycles. The first-order valence-corrected chi connectivity index (χ1v) is 4.97. The first kappa shape index (κ1) is 27.5. The molecule has 0 aromatic heterocycles. The number of aromatic hydroxyl groups is 1. The number of para-hydroxylation sites is 1. The molecule has 2 unspecified atom stereocenters. The average Bonchev–Trinajstić information content (AvgIpc) is 2.37. The van der Waals surface area contributed by atoms with Crippen LogP contribution in [0.3, 0.4) is 0 Å². The van der Waals surface area contributed by atoms with Gasteiger partial charge in [0.2, 0.25) is 0 Å². The molecule has 0 saturated carbocycles. The predicted octanol–water partition coefficient (Wildman–Crippen LogP) is -9.69. The third-order valence-electron chi connectivity index (χ3n) is 1.92. The second-order valence-electron chi connectivity index (χ2n) is 3.35. The van der Waals surface area contributed by atoms with Gasteiger partial charge >= 0.3 is 109 Å². The molecule has 0 aliphatic rings. The van der Waals surface area contributed by atoms with Crippen LogP contribution in [-0.2, 0) is 9.59 Å². The van der Waals surface area contributed by atoms with Gasteiger partial charge in [-0.05, 0) is 12.1 Å². The van der Waals surface area contributed by atoms with E-state index in [9.17, 15) is 24.6 Å². The number of carboxylic acid groups (broad SMARTS) is 3. The molecule has 1 aromatic carbocycles. The molecular weight excluding hydrogens is 354 g/mol. The minimum Gasteiger partial charge on any atom is -0.547 e. The van der Waals surface area contributed by atoms with Crippen molar-refractivity contribution in [2.75, 3.05) is 0 Å². The summed E-state index contributed by atoms with van der Waals surface area (Å²) in [6.07, 6.45) is -4.88. The number of hydrogen-bond acceptors (Lipinski definition) is 8. The molecule has 22 heavy (non-hydrogen) atoms. The number of aromatic carboxylic acids is 1. The molecule has 2 atom stereocenters. The Hall–Kier alpha value is 0.623. The standard InChI is InChI=1S/C7H6O3.C4H6O6.2K/c8-6-4-2-1-3-5(6)7(9)10;5-1(3(7)8)2(6)4(9)10;;/h1-4,8H,(H,9,10);1-2,5-6H,(H,7,8)(H,9,10);;/q;;2*+1/p-2. The van der Waals surface area contributed by atoms with Crippen molar-refractivity contribution in [2.24, 2.45) is 0 Å². The van der Waals surface area contributed by atoms with Crippen LogP contribution in [0.5, 0.6) is 5.75 Å². The number of rotatable bonds is 4. The van der Waals surface area contributed by atoms with Crippen molar-refractivity contribution in [2.45, 2.75) is 12.2 Å². The topological polar surface area (TPSA) is 178 Å². The molecule has 0 radical (unpaired) electrons. The summed E-state index contributed by atoms with van der Waals surface area (Å²) < 4.78 is 0. The van der Waals surface area contributed by atoms with Crippen molar-refractivity contribution >= 4 is 17.9 Å². The van der Waals surface area contributed by atoms with Crippen LogP contribution in [0.25, 0.3) is 0 Å². The van der Waals surface area contributed by atoms with E-state index in [1.54, 1.807) is 12.1 Å². The van der Waals surface area contributed by atoms with Crippen molar-refractivity contribution in [3.05, 3.63) is 29.8 Å².